The summed E-state index contributed by atoms with van der Waals surface area (Å²) in [6, 6.07) is 1.57. The Bertz CT molecular complexity index is 1010. The van der Waals surface area contributed by atoms with Crippen LogP contribution in [-0.2, 0) is 29.1 Å². The first-order valence-corrected chi connectivity index (χ1v) is 10.2. The van der Waals surface area contributed by atoms with Gasteiger partial charge < -0.3 is 19.9 Å². The van der Waals surface area contributed by atoms with Gasteiger partial charge in [0, 0.05) is 29.7 Å². The number of benzene rings is 1. The summed E-state index contributed by atoms with van der Waals surface area (Å²) in [4.78, 5) is 15.3. The molecular formula is C21H27FN6O4. The molecule has 2 aromatic rings. The van der Waals surface area contributed by atoms with Crippen LogP contribution in [0.1, 0.15) is 29.4 Å². The van der Waals surface area contributed by atoms with Crippen molar-refractivity contribution in [3.63, 3.8) is 0 Å². The Kier molecular flexibility index (Phi) is 7.90. The summed E-state index contributed by atoms with van der Waals surface area (Å²) in [6.07, 6.45) is 3.69. The normalized spacial score (nSPS) is 14.0. The van der Waals surface area contributed by atoms with Gasteiger partial charge >= 0.3 is 5.97 Å². The second kappa shape index (κ2) is 10.8. The molecule has 0 radical (unpaired) electrons. The van der Waals surface area contributed by atoms with E-state index in [2.05, 4.69) is 32.4 Å². The second-order valence-electron chi connectivity index (χ2n) is 7.24. The van der Waals surface area contributed by atoms with Crippen LogP contribution >= 0.6 is 0 Å². The standard InChI is InChI=1S/C21H27FN6O4/c1-4-6-23-13(2)26-21(28-12-25-27-14(28)3)24-9-17-16-5-7-32-18(16)8-15(20(17)22)10-31-11-19(29)30/h4,8,12-13,23H,1,5-7,9-11H2,2-3H3,(H,24,26)(H,29,30). The van der Waals surface area contributed by atoms with E-state index in [-0.39, 0.29) is 24.9 Å². The zero-order chi connectivity index (χ0) is 23.1. The number of hydrogen-bond acceptors (Lipinski definition) is 7. The number of carbonyl (C=O) groups is 1. The Morgan fingerprint density at radius 2 is 2.38 bits per heavy atom. The van der Waals surface area contributed by atoms with E-state index < -0.39 is 18.4 Å². The SMILES string of the molecule is C=CCNC(C)NC(=NCc1c(F)c(COCC(=O)O)cc2c1CCO2)n1cnnc1C. The van der Waals surface area contributed by atoms with Crippen LogP contribution in [-0.4, -0.2) is 57.7 Å². The maximum atomic E-state index is 15.3. The van der Waals surface area contributed by atoms with Crippen LogP contribution < -0.4 is 15.4 Å². The number of carboxylic acid groups (broad SMARTS) is 1. The smallest absolute Gasteiger partial charge is 0.329 e. The number of nitrogens with zero attached hydrogens (tertiary/aromatic N) is 4. The monoisotopic (exact) mass is 446 g/mol. The number of aliphatic carboxylic acids is 1. The van der Waals surface area contributed by atoms with Gasteiger partial charge in [0.25, 0.3) is 0 Å². The largest absolute Gasteiger partial charge is 0.493 e. The highest BCUT2D eigenvalue weighted by molar-refractivity contribution is 5.82. The van der Waals surface area contributed by atoms with Crippen molar-refractivity contribution in [1.82, 2.24) is 25.4 Å². The number of nitrogens with one attached hydrogen (secondary N) is 2. The lowest BCUT2D eigenvalue weighted by Gasteiger charge is -2.19. The van der Waals surface area contributed by atoms with Gasteiger partial charge in [-0.15, -0.1) is 16.8 Å². The van der Waals surface area contributed by atoms with Crippen molar-refractivity contribution in [2.24, 2.45) is 4.99 Å². The Hall–Kier alpha value is -3.31. The number of aryl methyl sites for hydroxylation is 1. The zero-order valence-corrected chi connectivity index (χ0v) is 18.1. The van der Waals surface area contributed by atoms with E-state index in [9.17, 15) is 4.79 Å². The fraction of sp³-hybridized carbons (Fsp3) is 0.429. The topological polar surface area (TPSA) is 123 Å². The van der Waals surface area contributed by atoms with Crippen molar-refractivity contribution in [3.05, 3.63) is 53.4 Å². The molecular weight excluding hydrogens is 419 g/mol. The van der Waals surface area contributed by atoms with E-state index >= 15 is 4.39 Å². The minimum atomic E-state index is -1.12. The molecule has 0 amide bonds. The Balaban J connectivity index is 1.89. The average Bonchev–Trinajstić information content (AvgIpc) is 3.39. The molecule has 3 rings (SSSR count). The lowest BCUT2D eigenvalue weighted by Crippen LogP contribution is -2.46. The molecule has 10 nitrogen and oxygen atoms in total. The van der Waals surface area contributed by atoms with Gasteiger partial charge in [0.15, 0.2) is 0 Å². The summed E-state index contributed by atoms with van der Waals surface area (Å²) >= 11 is 0. The number of hydrogen-bond donors (Lipinski definition) is 3. The molecule has 32 heavy (non-hydrogen) atoms. The van der Waals surface area contributed by atoms with Crippen molar-refractivity contribution in [3.8, 4) is 5.75 Å². The van der Waals surface area contributed by atoms with Crippen LogP contribution in [0.2, 0.25) is 0 Å². The summed E-state index contributed by atoms with van der Waals surface area (Å²) in [5, 5.41) is 23.1. The van der Waals surface area contributed by atoms with Gasteiger partial charge in [-0.05, 0) is 19.9 Å². The maximum absolute atomic E-state index is 15.3. The molecule has 1 aliphatic heterocycles. The van der Waals surface area contributed by atoms with Crippen LogP contribution in [0, 0.1) is 12.7 Å². The summed E-state index contributed by atoms with van der Waals surface area (Å²) in [7, 11) is 0. The molecule has 11 heteroatoms. The van der Waals surface area contributed by atoms with Crippen LogP contribution in [0.5, 0.6) is 5.75 Å². The molecule has 0 bridgehead atoms. The fourth-order valence-corrected chi connectivity index (χ4v) is 3.32. The Morgan fingerprint density at radius 1 is 1.56 bits per heavy atom. The summed E-state index contributed by atoms with van der Waals surface area (Å²) < 4.78 is 27.7. The molecule has 0 saturated carbocycles. The minimum Gasteiger partial charge on any atom is -0.493 e. The van der Waals surface area contributed by atoms with E-state index in [1.807, 2.05) is 6.92 Å². The molecule has 1 atom stereocenters. The van der Waals surface area contributed by atoms with Gasteiger partial charge in [0.2, 0.25) is 5.96 Å². The first-order valence-electron chi connectivity index (χ1n) is 10.2. The van der Waals surface area contributed by atoms with Gasteiger partial charge in [-0.1, -0.05) is 6.08 Å². The first-order chi connectivity index (χ1) is 15.4. The minimum absolute atomic E-state index is 0.0401. The summed E-state index contributed by atoms with van der Waals surface area (Å²) in [6.45, 7) is 7.80. The molecule has 2 heterocycles. The number of fused-ring (bicyclic) bond motifs is 1. The lowest BCUT2D eigenvalue weighted by atomic mass is 10.0. The molecule has 0 saturated heterocycles. The van der Waals surface area contributed by atoms with E-state index in [1.54, 1.807) is 23.6 Å². The van der Waals surface area contributed by atoms with Gasteiger partial charge in [-0.25, -0.2) is 14.2 Å². The molecule has 1 aromatic heterocycles. The van der Waals surface area contributed by atoms with Crippen molar-refractivity contribution in [2.45, 2.75) is 39.6 Å². The molecule has 3 N–H and O–H groups in total. The number of rotatable bonds is 10. The second-order valence-corrected chi connectivity index (χ2v) is 7.24. The fourth-order valence-electron chi connectivity index (χ4n) is 3.32. The predicted octanol–water partition coefficient (Wildman–Crippen LogP) is 1.38. The number of halogens is 1. The van der Waals surface area contributed by atoms with Crippen molar-refractivity contribution in [1.29, 1.82) is 0 Å². The average molecular weight is 446 g/mol. The first kappa shape index (κ1) is 23.4. The van der Waals surface area contributed by atoms with Crippen molar-refractivity contribution >= 4 is 11.9 Å². The van der Waals surface area contributed by atoms with Gasteiger partial charge in [0.1, 0.15) is 30.3 Å². The zero-order valence-electron chi connectivity index (χ0n) is 18.1. The van der Waals surface area contributed by atoms with Crippen molar-refractivity contribution in [2.75, 3.05) is 19.8 Å². The highest BCUT2D eigenvalue weighted by Gasteiger charge is 2.23. The van der Waals surface area contributed by atoms with Crippen LogP contribution in [0.3, 0.4) is 0 Å². The Morgan fingerprint density at radius 3 is 3.06 bits per heavy atom. The molecule has 1 unspecified atom stereocenters. The maximum Gasteiger partial charge on any atom is 0.329 e. The third kappa shape index (κ3) is 5.68. The number of aliphatic imine (C=N–C) groups is 1. The molecule has 1 aliphatic rings. The highest BCUT2D eigenvalue weighted by Crippen LogP contribution is 2.33. The third-order valence-electron chi connectivity index (χ3n) is 4.85. The third-order valence-corrected chi connectivity index (χ3v) is 4.85. The summed E-state index contributed by atoms with van der Waals surface area (Å²) in [5.74, 6) is 0.0580. The Labute approximate surface area is 185 Å². The molecule has 0 aliphatic carbocycles. The number of ether oxygens (including phenoxy) is 2. The van der Waals surface area contributed by atoms with E-state index in [0.29, 0.717) is 42.7 Å². The van der Waals surface area contributed by atoms with Gasteiger partial charge in [-0.3, -0.25) is 9.88 Å². The number of aromatic nitrogens is 3. The van der Waals surface area contributed by atoms with Gasteiger partial charge in [-0.2, -0.15) is 0 Å². The highest BCUT2D eigenvalue weighted by atomic mass is 19.1. The summed E-state index contributed by atoms with van der Waals surface area (Å²) in [5.41, 5.74) is 1.38. The molecule has 172 valence electrons. The van der Waals surface area contributed by atoms with E-state index in [0.717, 1.165) is 5.56 Å². The number of carboxylic acids is 1. The predicted molar refractivity (Wildman–Crippen MR) is 115 cm³/mol. The van der Waals surface area contributed by atoms with Gasteiger partial charge in [0.05, 0.1) is 25.9 Å². The lowest BCUT2D eigenvalue weighted by molar-refractivity contribution is -0.142. The van der Waals surface area contributed by atoms with E-state index in [1.165, 1.54) is 6.33 Å². The van der Waals surface area contributed by atoms with Crippen LogP contribution in [0.25, 0.3) is 0 Å². The van der Waals surface area contributed by atoms with Crippen LogP contribution in [0.4, 0.5) is 4.39 Å². The van der Waals surface area contributed by atoms with E-state index in [4.69, 9.17) is 14.6 Å². The quantitative estimate of drug-likeness (QED) is 0.217. The van der Waals surface area contributed by atoms with Crippen LogP contribution in [0.15, 0.2) is 30.0 Å². The molecule has 0 spiro atoms. The molecule has 0 fully saturated rings. The van der Waals surface area contributed by atoms with Crippen molar-refractivity contribution < 1.29 is 23.8 Å². The molecule has 1 aromatic carbocycles.